The Morgan fingerprint density at radius 1 is 1.24 bits per heavy atom. The van der Waals surface area contributed by atoms with Crippen LogP contribution in [0.5, 0.6) is 0 Å². The third-order valence-corrected chi connectivity index (χ3v) is 5.56. The number of amides is 3. The van der Waals surface area contributed by atoms with Gasteiger partial charge >= 0.3 is 0 Å². The van der Waals surface area contributed by atoms with E-state index in [4.69, 9.17) is 4.74 Å². The third kappa shape index (κ3) is 3.88. The number of carbonyl (C=O) groups is 3. The molecule has 1 aromatic carbocycles. The molecule has 2 aliphatic rings. The van der Waals surface area contributed by atoms with Gasteiger partial charge in [0.2, 0.25) is 5.91 Å². The zero-order valence-corrected chi connectivity index (χ0v) is 15.0. The van der Waals surface area contributed by atoms with Crippen LogP contribution >= 0.6 is 11.8 Å². The molecule has 0 aromatic heterocycles. The molecule has 0 saturated carbocycles. The fourth-order valence-corrected chi connectivity index (χ4v) is 4.13. The van der Waals surface area contributed by atoms with Crippen molar-refractivity contribution in [3.63, 3.8) is 0 Å². The molecule has 3 amide bonds. The number of carbonyl (C=O) groups excluding carboxylic acids is 3. The molecule has 0 aliphatic carbocycles. The molecular weight excluding hydrogens is 340 g/mol. The van der Waals surface area contributed by atoms with Crippen LogP contribution in [0.15, 0.2) is 24.3 Å². The molecule has 7 heteroatoms. The maximum absolute atomic E-state index is 12.4. The van der Waals surface area contributed by atoms with Crippen LogP contribution in [-0.2, 0) is 9.53 Å². The highest BCUT2D eigenvalue weighted by Gasteiger charge is 2.40. The minimum Gasteiger partial charge on any atom is -0.376 e. The van der Waals surface area contributed by atoms with Crippen molar-refractivity contribution in [2.24, 2.45) is 0 Å². The van der Waals surface area contributed by atoms with Gasteiger partial charge in [0.15, 0.2) is 0 Å². The molecule has 2 heterocycles. The Hall–Kier alpha value is -1.86. The lowest BCUT2D eigenvalue weighted by Gasteiger charge is -2.23. The van der Waals surface area contributed by atoms with E-state index in [2.05, 4.69) is 5.32 Å². The number of benzene rings is 1. The Bertz CT molecular complexity index is 638. The van der Waals surface area contributed by atoms with Gasteiger partial charge in [0, 0.05) is 6.54 Å². The summed E-state index contributed by atoms with van der Waals surface area (Å²) in [7, 11) is 0. The fourth-order valence-electron chi connectivity index (χ4n) is 3.07. The monoisotopic (exact) mass is 362 g/mol. The molecule has 25 heavy (non-hydrogen) atoms. The van der Waals surface area contributed by atoms with Gasteiger partial charge in [-0.2, -0.15) is 11.8 Å². The van der Waals surface area contributed by atoms with E-state index < -0.39 is 17.9 Å². The number of nitrogens with one attached hydrogen (secondary N) is 1. The topological polar surface area (TPSA) is 75.7 Å². The lowest BCUT2D eigenvalue weighted by atomic mass is 10.1. The van der Waals surface area contributed by atoms with E-state index >= 15 is 0 Å². The maximum Gasteiger partial charge on any atom is 0.262 e. The van der Waals surface area contributed by atoms with Crippen LogP contribution < -0.4 is 5.32 Å². The van der Waals surface area contributed by atoms with Crippen LogP contribution in [0.2, 0.25) is 0 Å². The highest BCUT2D eigenvalue weighted by atomic mass is 32.2. The summed E-state index contributed by atoms with van der Waals surface area (Å²) < 4.78 is 5.76. The zero-order valence-electron chi connectivity index (χ0n) is 14.2. The van der Waals surface area contributed by atoms with E-state index in [-0.39, 0.29) is 12.0 Å². The first-order chi connectivity index (χ1) is 12.1. The number of hydrogen-bond donors (Lipinski definition) is 1. The summed E-state index contributed by atoms with van der Waals surface area (Å²) >= 11 is 1.94. The first-order valence-electron chi connectivity index (χ1n) is 8.53. The summed E-state index contributed by atoms with van der Waals surface area (Å²) in [6.45, 7) is 2.38. The van der Waals surface area contributed by atoms with Gasteiger partial charge in [-0.05, 0) is 43.4 Å². The molecular formula is C18H22N2O4S. The Labute approximate surface area is 151 Å². The minimum atomic E-state index is -0.849. The number of ether oxygens (including phenoxy) is 1. The molecule has 1 N–H and O–H groups in total. The summed E-state index contributed by atoms with van der Waals surface area (Å²) in [5.41, 5.74) is 0.705. The summed E-state index contributed by atoms with van der Waals surface area (Å²) in [6, 6.07) is 5.78. The zero-order chi connectivity index (χ0) is 17.8. The average Bonchev–Trinajstić information content (AvgIpc) is 2.90. The van der Waals surface area contributed by atoms with Gasteiger partial charge in [0.25, 0.3) is 11.8 Å². The highest BCUT2D eigenvalue weighted by molar-refractivity contribution is 7.99. The molecule has 1 aromatic rings. The second-order valence-electron chi connectivity index (χ2n) is 6.18. The molecule has 0 spiro atoms. The van der Waals surface area contributed by atoms with Gasteiger partial charge in [-0.3, -0.25) is 19.3 Å². The van der Waals surface area contributed by atoms with Crippen molar-refractivity contribution in [2.75, 3.05) is 24.7 Å². The smallest absolute Gasteiger partial charge is 0.262 e. The first kappa shape index (κ1) is 17.9. The number of nitrogens with zero attached hydrogens (tertiary/aromatic N) is 1. The van der Waals surface area contributed by atoms with Gasteiger partial charge in [-0.15, -0.1) is 0 Å². The van der Waals surface area contributed by atoms with Crippen molar-refractivity contribution < 1.29 is 19.1 Å². The van der Waals surface area contributed by atoms with Crippen LogP contribution in [-0.4, -0.2) is 59.4 Å². The van der Waals surface area contributed by atoms with Gasteiger partial charge in [-0.25, -0.2) is 0 Å². The highest BCUT2D eigenvalue weighted by Crippen LogP contribution is 2.24. The van der Waals surface area contributed by atoms with Crippen molar-refractivity contribution in [2.45, 2.75) is 31.9 Å². The van der Waals surface area contributed by atoms with Crippen LogP contribution in [0.3, 0.4) is 0 Å². The fraction of sp³-hybridized carbons (Fsp3) is 0.500. The van der Waals surface area contributed by atoms with Crippen LogP contribution in [0.25, 0.3) is 0 Å². The molecule has 3 rings (SSSR count). The molecule has 2 aliphatic heterocycles. The van der Waals surface area contributed by atoms with E-state index in [1.54, 1.807) is 31.2 Å². The standard InChI is InChI=1S/C18H22N2O4S/c1-12(16(21)19-8-9-24-13-6-10-25-11-7-13)20-17(22)14-4-2-3-5-15(14)18(20)23/h2-5,12-13H,6-11H2,1H3,(H,19,21)/t12-/m1/s1. The van der Waals surface area contributed by atoms with E-state index in [1.165, 1.54) is 0 Å². The SMILES string of the molecule is C[C@H](C(=O)NCCOC1CCSCC1)N1C(=O)c2ccccc2C1=O. The predicted molar refractivity (Wildman–Crippen MR) is 95.7 cm³/mol. The Morgan fingerprint density at radius 3 is 2.44 bits per heavy atom. The summed E-state index contributed by atoms with van der Waals surface area (Å²) in [5.74, 6) is 1.05. The largest absolute Gasteiger partial charge is 0.376 e. The molecule has 134 valence electrons. The molecule has 0 unspecified atom stereocenters. The Morgan fingerprint density at radius 2 is 1.84 bits per heavy atom. The average molecular weight is 362 g/mol. The molecule has 6 nitrogen and oxygen atoms in total. The first-order valence-corrected chi connectivity index (χ1v) is 9.69. The molecule has 1 saturated heterocycles. The van der Waals surface area contributed by atoms with Crippen molar-refractivity contribution in [1.29, 1.82) is 0 Å². The number of thioether (sulfide) groups is 1. The van der Waals surface area contributed by atoms with E-state index in [0.717, 1.165) is 29.2 Å². The lowest BCUT2D eigenvalue weighted by Crippen LogP contribution is -2.48. The lowest BCUT2D eigenvalue weighted by molar-refractivity contribution is -0.124. The van der Waals surface area contributed by atoms with Crippen molar-refractivity contribution in [3.8, 4) is 0 Å². The number of rotatable bonds is 6. The van der Waals surface area contributed by atoms with E-state index in [0.29, 0.717) is 24.3 Å². The van der Waals surface area contributed by atoms with Gasteiger partial charge in [0.05, 0.1) is 23.8 Å². The third-order valence-electron chi connectivity index (χ3n) is 4.52. The number of hydrogen-bond acceptors (Lipinski definition) is 5. The second kappa shape index (κ2) is 8.01. The van der Waals surface area contributed by atoms with Crippen LogP contribution in [0, 0.1) is 0 Å². The van der Waals surface area contributed by atoms with Gasteiger partial charge in [0.1, 0.15) is 6.04 Å². The van der Waals surface area contributed by atoms with Crippen LogP contribution in [0.1, 0.15) is 40.5 Å². The van der Waals surface area contributed by atoms with Crippen molar-refractivity contribution in [3.05, 3.63) is 35.4 Å². The summed E-state index contributed by atoms with van der Waals surface area (Å²) in [4.78, 5) is 38.1. The minimum absolute atomic E-state index is 0.270. The Kier molecular flexibility index (Phi) is 5.75. The van der Waals surface area contributed by atoms with Gasteiger partial charge < -0.3 is 10.1 Å². The molecule has 0 radical (unpaired) electrons. The van der Waals surface area contributed by atoms with Crippen molar-refractivity contribution >= 4 is 29.5 Å². The summed E-state index contributed by atoms with van der Waals surface area (Å²) in [5, 5.41) is 2.75. The Balaban J connectivity index is 1.49. The van der Waals surface area contributed by atoms with Crippen LogP contribution in [0.4, 0.5) is 0 Å². The van der Waals surface area contributed by atoms with E-state index in [1.807, 2.05) is 11.8 Å². The quantitative estimate of drug-likeness (QED) is 0.616. The second-order valence-corrected chi connectivity index (χ2v) is 7.40. The normalized spacial score (nSPS) is 19.0. The van der Waals surface area contributed by atoms with E-state index in [9.17, 15) is 14.4 Å². The molecule has 1 fully saturated rings. The number of fused-ring (bicyclic) bond motifs is 1. The van der Waals surface area contributed by atoms with Gasteiger partial charge in [-0.1, -0.05) is 12.1 Å². The molecule has 1 atom stereocenters. The predicted octanol–water partition coefficient (Wildman–Crippen LogP) is 1.70. The number of imide groups is 1. The summed E-state index contributed by atoms with van der Waals surface area (Å²) in [6.07, 6.45) is 2.36. The maximum atomic E-state index is 12.4. The van der Waals surface area contributed by atoms with Crippen molar-refractivity contribution in [1.82, 2.24) is 10.2 Å². The molecule has 0 bridgehead atoms.